The first kappa shape index (κ1) is 19.1. The second-order valence-electron chi connectivity index (χ2n) is 7.61. The number of carbonyl (C=O) groups excluding carboxylic acids is 2. The van der Waals surface area contributed by atoms with Crippen molar-refractivity contribution in [1.82, 2.24) is 10.6 Å². The molecule has 6 nitrogen and oxygen atoms in total. The molecule has 1 aliphatic rings. The predicted molar refractivity (Wildman–Crippen MR) is 96.1 cm³/mol. The molecule has 1 fully saturated rings. The summed E-state index contributed by atoms with van der Waals surface area (Å²) >= 11 is 0. The molecule has 25 heavy (non-hydrogen) atoms. The minimum absolute atomic E-state index is 0.193. The number of rotatable bonds is 5. The highest BCUT2D eigenvalue weighted by atomic mass is 16.6. The van der Waals surface area contributed by atoms with Crippen LogP contribution in [0.3, 0.4) is 0 Å². The van der Waals surface area contributed by atoms with Crippen LogP contribution >= 0.6 is 0 Å². The second kappa shape index (κ2) is 7.76. The number of carbonyl (C=O) groups is 2. The number of hydrogen-bond donors (Lipinski definition) is 2. The Bertz CT molecular complexity index is 634. The molecule has 0 saturated heterocycles. The maximum absolute atomic E-state index is 12.3. The third-order valence-electron chi connectivity index (χ3n) is 4.08. The van der Waals surface area contributed by atoms with Gasteiger partial charge in [0.1, 0.15) is 17.1 Å². The molecule has 1 aromatic heterocycles. The zero-order chi connectivity index (χ0) is 18.5. The topological polar surface area (TPSA) is 80.6 Å². The van der Waals surface area contributed by atoms with Gasteiger partial charge in [0.05, 0.1) is 5.54 Å². The number of furan rings is 1. The Kier molecular flexibility index (Phi) is 5.93. The van der Waals surface area contributed by atoms with Gasteiger partial charge < -0.3 is 19.8 Å². The Labute approximate surface area is 149 Å². The number of amides is 2. The van der Waals surface area contributed by atoms with E-state index >= 15 is 0 Å². The predicted octanol–water partition coefficient (Wildman–Crippen LogP) is 3.55. The van der Waals surface area contributed by atoms with Crippen LogP contribution in [0.1, 0.15) is 58.0 Å². The van der Waals surface area contributed by atoms with Gasteiger partial charge >= 0.3 is 6.09 Å². The van der Waals surface area contributed by atoms with Crippen molar-refractivity contribution >= 4 is 18.1 Å². The van der Waals surface area contributed by atoms with Gasteiger partial charge in [0.15, 0.2) is 0 Å². The number of nitrogens with one attached hydrogen (secondary N) is 2. The first-order valence-corrected chi connectivity index (χ1v) is 8.71. The van der Waals surface area contributed by atoms with Gasteiger partial charge in [-0.1, -0.05) is 12.8 Å². The molecule has 2 rings (SSSR count). The van der Waals surface area contributed by atoms with Gasteiger partial charge in [-0.05, 0) is 58.7 Å². The van der Waals surface area contributed by atoms with Gasteiger partial charge in [-0.25, -0.2) is 4.79 Å². The Balaban J connectivity index is 1.91. The van der Waals surface area contributed by atoms with Crippen molar-refractivity contribution in [2.45, 2.75) is 64.5 Å². The van der Waals surface area contributed by atoms with E-state index in [4.69, 9.17) is 9.15 Å². The van der Waals surface area contributed by atoms with Crippen LogP contribution in [0, 0.1) is 6.92 Å². The van der Waals surface area contributed by atoms with Gasteiger partial charge in [0.25, 0.3) is 0 Å². The minimum Gasteiger partial charge on any atom is -0.462 e. The molecule has 0 aromatic carbocycles. The van der Waals surface area contributed by atoms with Gasteiger partial charge in [0.2, 0.25) is 5.91 Å². The smallest absolute Gasteiger partial charge is 0.407 e. The Morgan fingerprint density at radius 1 is 1.28 bits per heavy atom. The zero-order valence-electron chi connectivity index (χ0n) is 15.5. The summed E-state index contributed by atoms with van der Waals surface area (Å²) in [6.45, 7) is 7.68. The molecule has 0 unspecified atom stereocenters. The van der Waals surface area contributed by atoms with Crippen molar-refractivity contribution in [3.8, 4) is 0 Å². The Morgan fingerprint density at radius 3 is 2.52 bits per heavy atom. The van der Waals surface area contributed by atoms with E-state index in [1.807, 2.05) is 39.8 Å². The highest BCUT2D eigenvalue weighted by Crippen LogP contribution is 2.29. The van der Waals surface area contributed by atoms with Gasteiger partial charge in [-0.2, -0.15) is 0 Å². The summed E-state index contributed by atoms with van der Waals surface area (Å²) in [5.74, 6) is 1.25. The Hall–Kier alpha value is -2.24. The fourth-order valence-electron chi connectivity index (χ4n) is 2.96. The lowest BCUT2D eigenvalue weighted by molar-refractivity contribution is -0.118. The molecule has 0 radical (unpaired) electrons. The van der Waals surface area contributed by atoms with Crippen molar-refractivity contribution in [1.29, 1.82) is 0 Å². The number of aryl methyl sites for hydroxylation is 1. The van der Waals surface area contributed by atoms with Crippen LogP contribution in [0.5, 0.6) is 0 Å². The van der Waals surface area contributed by atoms with Crippen LogP contribution in [-0.2, 0) is 9.53 Å². The molecular weight excluding hydrogens is 320 g/mol. The van der Waals surface area contributed by atoms with Crippen molar-refractivity contribution in [3.05, 3.63) is 29.7 Å². The summed E-state index contributed by atoms with van der Waals surface area (Å²) in [5.41, 5.74) is -0.961. The minimum atomic E-state index is -0.542. The van der Waals surface area contributed by atoms with Crippen LogP contribution in [-0.4, -0.2) is 29.7 Å². The van der Waals surface area contributed by atoms with Crippen LogP contribution in [0.15, 0.2) is 22.6 Å². The van der Waals surface area contributed by atoms with Crippen LogP contribution < -0.4 is 10.6 Å². The van der Waals surface area contributed by atoms with Crippen LogP contribution in [0.2, 0.25) is 0 Å². The highest BCUT2D eigenvalue weighted by molar-refractivity contribution is 5.92. The molecule has 0 atom stereocenters. The quantitative estimate of drug-likeness (QED) is 0.797. The van der Waals surface area contributed by atoms with Crippen molar-refractivity contribution in [2.75, 3.05) is 6.54 Å². The van der Waals surface area contributed by atoms with Crippen molar-refractivity contribution in [2.24, 2.45) is 0 Å². The molecule has 0 aliphatic heterocycles. The number of hydrogen-bond acceptors (Lipinski definition) is 4. The number of ether oxygens (including phenoxy) is 1. The lowest BCUT2D eigenvalue weighted by Gasteiger charge is -2.30. The molecule has 0 spiro atoms. The fraction of sp³-hybridized carbons (Fsp3) is 0.579. The number of alkyl carbamates (subject to hydrolysis) is 1. The van der Waals surface area contributed by atoms with Gasteiger partial charge in [0, 0.05) is 12.6 Å². The van der Waals surface area contributed by atoms with E-state index in [-0.39, 0.29) is 5.91 Å². The Morgan fingerprint density at radius 2 is 1.96 bits per heavy atom. The van der Waals surface area contributed by atoms with E-state index in [2.05, 4.69) is 10.6 Å². The second-order valence-corrected chi connectivity index (χ2v) is 7.61. The van der Waals surface area contributed by atoms with E-state index in [0.29, 0.717) is 12.3 Å². The van der Waals surface area contributed by atoms with E-state index in [9.17, 15) is 9.59 Å². The summed E-state index contributed by atoms with van der Waals surface area (Å²) in [6, 6.07) is 3.66. The van der Waals surface area contributed by atoms with Gasteiger partial charge in [-0.15, -0.1) is 0 Å². The van der Waals surface area contributed by atoms with Crippen molar-refractivity contribution in [3.63, 3.8) is 0 Å². The average Bonchev–Trinajstić information content (AvgIpc) is 3.11. The van der Waals surface area contributed by atoms with Gasteiger partial charge in [-0.3, -0.25) is 4.79 Å². The molecular formula is C19H28N2O4. The maximum Gasteiger partial charge on any atom is 0.407 e. The fourth-order valence-corrected chi connectivity index (χ4v) is 2.96. The first-order chi connectivity index (χ1) is 11.7. The van der Waals surface area contributed by atoms with E-state index in [1.54, 1.807) is 6.08 Å². The zero-order valence-corrected chi connectivity index (χ0v) is 15.5. The molecule has 1 saturated carbocycles. The summed E-state index contributed by atoms with van der Waals surface area (Å²) in [6.07, 6.45) is 6.37. The normalized spacial score (nSPS) is 16.8. The summed E-state index contributed by atoms with van der Waals surface area (Å²) in [7, 11) is 0. The summed E-state index contributed by atoms with van der Waals surface area (Å²) in [4.78, 5) is 24.2. The molecule has 2 amide bonds. The third kappa shape index (κ3) is 6.29. The summed E-state index contributed by atoms with van der Waals surface area (Å²) < 4.78 is 10.7. The molecule has 138 valence electrons. The van der Waals surface area contributed by atoms with E-state index in [0.717, 1.165) is 31.4 Å². The van der Waals surface area contributed by atoms with E-state index < -0.39 is 17.2 Å². The third-order valence-corrected chi connectivity index (χ3v) is 4.08. The standard InChI is InChI=1S/C19H28N2O4/c1-14-7-8-15(24-14)9-10-16(22)21-19(11-5-6-12-19)13-20-17(23)25-18(2,3)4/h7-10H,5-6,11-13H2,1-4H3,(H,20,23)(H,21,22)/b10-9+. The maximum atomic E-state index is 12.3. The monoisotopic (exact) mass is 348 g/mol. The molecule has 2 N–H and O–H groups in total. The molecule has 6 heteroatoms. The average molecular weight is 348 g/mol. The van der Waals surface area contributed by atoms with Crippen molar-refractivity contribution < 1.29 is 18.7 Å². The van der Waals surface area contributed by atoms with Crippen LogP contribution in [0.4, 0.5) is 4.79 Å². The van der Waals surface area contributed by atoms with Crippen LogP contribution in [0.25, 0.3) is 6.08 Å². The largest absolute Gasteiger partial charge is 0.462 e. The molecule has 1 aromatic rings. The molecule has 1 heterocycles. The molecule has 1 aliphatic carbocycles. The lowest BCUT2D eigenvalue weighted by Crippen LogP contribution is -2.54. The molecule has 0 bridgehead atoms. The lowest BCUT2D eigenvalue weighted by atomic mass is 9.97. The first-order valence-electron chi connectivity index (χ1n) is 8.71. The van der Waals surface area contributed by atoms with E-state index in [1.165, 1.54) is 6.08 Å². The summed E-state index contributed by atoms with van der Waals surface area (Å²) in [5, 5.41) is 5.84. The SMILES string of the molecule is Cc1ccc(/C=C/C(=O)NC2(CNC(=O)OC(C)(C)C)CCCC2)o1. The highest BCUT2D eigenvalue weighted by Gasteiger charge is 2.35.